The lowest BCUT2D eigenvalue weighted by atomic mass is 9.96. The number of aromatic carboxylic acids is 1. The van der Waals surface area contributed by atoms with Crippen molar-refractivity contribution in [3.05, 3.63) is 54.0 Å². The van der Waals surface area contributed by atoms with Crippen LogP contribution in [0.25, 0.3) is 0 Å². The van der Waals surface area contributed by atoms with E-state index in [1.807, 2.05) is 26.0 Å². The molecule has 0 atom stereocenters. The average molecular weight is 257 g/mol. The maximum Gasteiger partial charge on any atom is 0.337 e. The van der Waals surface area contributed by atoms with Crippen LogP contribution in [0.4, 0.5) is 5.82 Å². The van der Waals surface area contributed by atoms with Gasteiger partial charge in [-0.2, -0.15) is 0 Å². The third-order valence-electron chi connectivity index (χ3n) is 2.83. The Balaban J connectivity index is 2.18. The van der Waals surface area contributed by atoms with E-state index in [2.05, 4.69) is 15.3 Å². The Morgan fingerprint density at radius 1 is 1.26 bits per heavy atom. The smallest absolute Gasteiger partial charge is 0.337 e. The molecule has 0 saturated heterocycles. The van der Waals surface area contributed by atoms with E-state index < -0.39 is 5.97 Å². The third-order valence-corrected chi connectivity index (χ3v) is 2.83. The van der Waals surface area contributed by atoms with Crippen molar-refractivity contribution in [2.24, 2.45) is 0 Å². The number of carbonyl (C=O) groups is 1. The lowest BCUT2D eigenvalue weighted by Gasteiger charge is -2.27. The molecule has 0 unspecified atom stereocenters. The maximum atomic E-state index is 10.8. The summed E-state index contributed by atoms with van der Waals surface area (Å²) in [4.78, 5) is 18.9. The van der Waals surface area contributed by atoms with Crippen LogP contribution in [0.3, 0.4) is 0 Å². The molecule has 0 radical (unpaired) electrons. The Kier molecular flexibility index (Phi) is 3.46. The van der Waals surface area contributed by atoms with Crippen LogP contribution in [0.5, 0.6) is 0 Å². The van der Waals surface area contributed by atoms with E-state index in [4.69, 9.17) is 5.11 Å². The van der Waals surface area contributed by atoms with Gasteiger partial charge in [-0.3, -0.25) is 4.98 Å². The van der Waals surface area contributed by atoms with E-state index in [1.165, 1.54) is 12.3 Å². The summed E-state index contributed by atoms with van der Waals surface area (Å²) in [7, 11) is 0. The van der Waals surface area contributed by atoms with Crippen LogP contribution >= 0.6 is 0 Å². The predicted molar refractivity (Wildman–Crippen MR) is 72.1 cm³/mol. The summed E-state index contributed by atoms with van der Waals surface area (Å²) in [6.45, 7) is 4.02. The van der Waals surface area contributed by atoms with Crippen molar-refractivity contribution in [2.75, 3.05) is 5.32 Å². The van der Waals surface area contributed by atoms with Gasteiger partial charge in [0.15, 0.2) is 0 Å². The van der Waals surface area contributed by atoms with Crippen LogP contribution in [-0.4, -0.2) is 21.0 Å². The zero-order chi connectivity index (χ0) is 13.9. The summed E-state index contributed by atoms with van der Waals surface area (Å²) in [6.07, 6.45) is 4.85. The van der Waals surface area contributed by atoms with Crippen LogP contribution in [0, 0.1) is 0 Å². The first kappa shape index (κ1) is 13.0. The number of hydrogen-bond acceptors (Lipinski definition) is 4. The zero-order valence-electron chi connectivity index (χ0n) is 10.8. The molecular formula is C14H15N3O2. The molecule has 0 aliphatic rings. The highest BCUT2D eigenvalue weighted by molar-refractivity contribution is 5.87. The van der Waals surface area contributed by atoms with Gasteiger partial charge in [0.2, 0.25) is 0 Å². The number of carboxylic acids is 1. The van der Waals surface area contributed by atoms with Gasteiger partial charge in [-0.25, -0.2) is 9.78 Å². The van der Waals surface area contributed by atoms with Crippen LogP contribution in [0.15, 0.2) is 42.9 Å². The van der Waals surface area contributed by atoms with Crippen molar-refractivity contribution in [1.82, 2.24) is 9.97 Å². The fourth-order valence-electron chi connectivity index (χ4n) is 1.72. The molecule has 0 aliphatic heterocycles. The second-order valence-electron chi connectivity index (χ2n) is 4.73. The van der Waals surface area contributed by atoms with Gasteiger partial charge in [-0.1, -0.05) is 6.07 Å². The van der Waals surface area contributed by atoms with Gasteiger partial charge in [0.25, 0.3) is 0 Å². The molecule has 98 valence electrons. The Hall–Kier alpha value is -2.43. The number of nitrogens with one attached hydrogen (secondary N) is 1. The monoisotopic (exact) mass is 257 g/mol. The quantitative estimate of drug-likeness (QED) is 0.880. The van der Waals surface area contributed by atoms with Crippen LogP contribution < -0.4 is 5.32 Å². The van der Waals surface area contributed by atoms with Gasteiger partial charge >= 0.3 is 5.97 Å². The van der Waals surface area contributed by atoms with Gasteiger partial charge in [-0.15, -0.1) is 0 Å². The van der Waals surface area contributed by atoms with Crippen molar-refractivity contribution < 1.29 is 9.90 Å². The number of nitrogens with zero attached hydrogens (tertiary/aromatic N) is 2. The molecule has 0 spiro atoms. The Morgan fingerprint density at radius 2 is 2.05 bits per heavy atom. The predicted octanol–water partition coefficient (Wildman–Crippen LogP) is 2.52. The molecule has 2 heterocycles. The highest BCUT2D eigenvalue weighted by Gasteiger charge is 2.20. The first-order chi connectivity index (χ1) is 8.99. The normalized spacial score (nSPS) is 11.1. The van der Waals surface area contributed by atoms with Crippen molar-refractivity contribution in [2.45, 2.75) is 19.4 Å². The molecule has 2 aromatic heterocycles. The standard InChI is InChI=1S/C14H15N3O2/c1-14(2,11-4-3-7-15-9-11)17-12-6-5-10(8-16-12)13(18)19/h3-9H,1-2H3,(H,16,17)(H,18,19). The second kappa shape index (κ2) is 5.06. The Bertz CT molecular complexity index is 565. The lowest BCUT2D eigenvalue weighted by molar-refractivity contribution is 0.0696. The van der Waals surface area contributed by atoms with E-state index in [0.29, 0.717) is 5.82 Å². The largest absolute Gasteiger partial charge is 0.478 e. The Morgan fingerprint density at radius 3 is 2.58 bits per heavy atom. The van der Waals surface area contributed by atoms with Gasteiger partial charge in [0.1, 0.15) is 5.82 Å². The van der Waals surface area contributed by atoms with E-state index >= 15 is 0 Å². The van der Waals surface area contributed by atoms with Gasteiger partial charge in [-0.05, 0) is 37.6 Å². The van der Waals surface area contributed by atoms with Crippen LogP contribution in [0.2, 0.25) is 0 Å². The highest BCUT2D eigenvalue weighted by atomic mass is 16.4. The van der Waals surface area contributed by atoms with Gasteiger partial charge in [0, 0.05) is 18.6 Å². The number of anilines is 1. The number of rotatable bonds is 4. The van der Waals surface area contributed by atoms with Gasteiger partial charge < -0.3 is 10.4 Å². The van der Waals surface area contributed by atoms with E-state index in [-0.39, 0.29) is 11.1 Å². The molecule has 5 nitrogen and oxygen atoms in total. The van der Waals surface area contributed by atoms with Crippen molar-refractivity contribution >= 4 is 11.8 Å². The molecule has 0 aromatic carbocycles. The summed E-state index contributed by atoms with van der Waals surface area (Å²) in [6, 6.07) is 7.03. The second-order valence-corrected chi connectivity index (χ2v) is 4.73. The molecule has 0 bridgehead atoms. The summed E-state index contributed by atoms with van der Waals surface area (Å²) < 4.78 is 0. The summed E-state index contributed by atoms with van der Waals surface area (Å²) in [5.74, 6) is -0.357. The van der Waals surface area contributed by atoms with E-state index in [0.717, 1.165) is 5.56 Å². The fourth-order valence-corrected chi connectivity index (χ4v) is 1.72. The van der Waals surface area contributed by atoms with Crippen molar-refractivity contribution in [3.63, 3.8) is 0 Å². The number of hydrogen-bond donors (Lipinski definition) is 2. The van der Waals surface area contributed by atoms with Crippen molar-refractivity contribution in [3.8, 4) is 0 Å². The maximum absolute atomic E-state index is 10.8. The topological polar surface area (TPSA) is 75.1 Å². The van der Waals surface area contributed by atoms with Gasteiger partial charge in [0.05, 0.1) is 11.1 Å². The summed E-state index contributed by atoms with van der Waals surface area (Å²) >= 11 is 0. The number of pyridine rings is 2. The molecule has 19 heavy (non-hydrogen) atoms. The molecule has 0 saturated carbocycles. The van der Waals surface area contributed by atoms with Crippen molar-refractivity contribution in [1.29, 1.82) is 0 Å². The minimum atomic E-state index is -0.981. The summed E-state index contributed by atoms with van der Waals surface area (Å²) in [5.41, 5.74) is 0.857. The molecule has 5 heteroatoms. The first-order valence-electron chi connectivity index (χ1n) is 5.87. The lowest BCUT2D eigenvalue weighted by Crippen LogP contribution is -2.28. The average Bonchev–Trinajstić information content (AvgIpc) is 2.40. The molecule has 2 aromatic rings. The molecule has 0 aliphatic carbocycles. The zero-order valence-corrected chi connectivity index (χ0v) is 10.8. The van der Waals surface area contributed by atoms with E-state index in [9.17, 15) is 4.79 Å². The Labute approximate surface area is 111 Å². The number of carboxylic acid groups (broad SMARTS) is 1. The minimum Gasteiger partial charge on any atom is -0.478 e. The first-order valence-corrected chi connectivity index (χ1v) is 5.87. The minimum absolute atomic E-state index is 0.171. The molecule has 2 rings (SSSR count). The van der Waals surface area contributed by atoms with Crippen LogP contribution in [-0.2, 0) is 5.54 Å². The molecule has 2 N–H and O–H groups in total. The SMILES string of the molecule is CC(C)(Nc1ccc(C(=O)O)cn1)c1cccnc1. The molecule has 0 amide bonds. The fraction of sp³-hybridized carbons (Fsp3) is 0.214. The highest BCUT2D eigenvalue weighted by Crippen LogP contribution is 2.23. The van der Waals surface area contributed by atoms with Crippen LogP contribution in [0.1, 0.15) is 29.8 Å². The summed E-state index contributed by atoms with van der Waals surface area (Å²) in [5, 5.41) is 12.1. The third kappa shape index (κ3) is 3.07. The van der Waals surface area contributed by atoms with E-state index in [1.54, 1.807) is 18.5 Å². The number of aromatic nitrogens is 2. The molecular weight excluding hydrogens is 242 g/mol. The molecule has 0 fully saturated rings.